The fourth-order valence-electron chi connectivity index (χ4n) is 1.53. The van der Waals surface area contributed by atoms with E-state index >= 15 is 0 Å². The predicted molar refractivity (Wildman–Crippen MR) is 66.5 cm³/mol. The molecule has 1 aromatic rings. The summed E-state index contributed by atoms with van der Waals surface area (Å²) >= 11 is 0. The first kappa shape index (κ1) is 16.5. The zero-order valence-electron chi connectivity index (χ0n) is 11.1. The van der Waals surface area contributed by atoms with Crippen LogP contribution >= 0.6 is 0 Å². The predicted octanol–water partition coefficient (Wildman–Crippen LogP) is 1.10. The van der Waals surface area contributed by atoms with E-state index in [1.54, 1.807) is 0 Å². The highest BCUT2D eigenvalue weighted by Crippen LogP contribution is 2.10. The summed E-state index contributed by atoms with van der Waals surface area (Å²) in [6, 6.07) is 0.829. The van der Waals surface area contributed by atoms with Gasteiger partial charge in [0, 0.05) is 6.42 Å². The fourth-order valence-corrected chi connectivity index (χ4v) is 1.53. The second kappa shape index (κ2) is 7.32. The maximum Gasteiger partial charge on any atom is 0.326 e. The van der Waals surface area contributed by atoms with Crippen molar-refractivity contribution in [1.82, 2.24) is 5.32 Å². The Kier molecular flexibility index (Phi) is 5.77. The molecule has 8 heteroatoms. The number of esters is 1. The lowest BCUT2D eigenvalue weighted by Crippen LogP contribution is -2.41. The van der Waals surface area contributed by atoms with E-state index in [2.05, 4.69) is 4.74 Å². The maximum atomic E-state index is 13.4. The molecule has 6 nitrogen and oxygen atoms in total. The molecule has 0 heterocycles. The number of hydrogen-bond acceptors (Lipinski definition) is 4. The minimum atomic E-state index is -1.42. The summed E-state index contributed by atoms with van der Waals surface area (Å²) in [5.74, 6) is -4.94. The Hall–Kier alpha value is -2.51. The van der Waals surface area contributed by atoms with Gasteiger partial charge in [0.05, 0.1) is 12.7 Å². The summed E-state index contributed by atoms with van der Waals surface area (Å²) in [4.78, 5) is 33.7. The van der Waals surface area contributed by atoms with E-state index in [9.17, 15) is 23.2 Å². The number of carbonyl (C=O) groups is 3. The van der Waals surface area contributed by atoms with Gasteiger partial charge in [-0.05, 0) is 24.6 Å². The van der Waals surface area contributed by atoms with Crippen LogP contribution in [0.5, 0.6) is 0 Å². The summed E-state index contributed by atoms with van der Waals surface area (Å²) in [7, 11) is 1.14. The van der Waals surface area contributed by atoms with Crippen molar-refractivity contribution in [2.45, 2.75) is 18.9 Å². The molecule has 114 valence electrons. The number of carboxylic acids is 1. The number of carboxylic acid groups (broad SMARTS) is 1. The molecule has 0 fully saturated rings. The van der Waals surface area contributed by atoms with Gasteiger partial charge in [0.2, 0.25) is 0 Å². The van der Waals surface area contributed by atoms with Crippen LogP contribution in [-0.4, -0.2) is 36.1 Å². The van der Waals surface area contributed by atoms with Crippen molar-refractivity contribution < 1.29 is 33.0 Å². The van der Waals surface area contributed by atoms with E-state index in [0.29, 0.717) is 6.07 Å². The molecular formula is C13H13F2NO5. The third-order valence-corrected chi connectivity index (χ3v) is 2.64. The van der Waals surface area contributed by atoms with Crippen molar-refractivity contribution in [2.75, 3.05) is 7.11 Å². The minimum absolute atomic E-state index is 0.231. The molecule has 0 aromatic heterocycles. The normalized spacial score (nSPS) is 11.6. The molecule has 1 amide bonds. The average Bonchev–Trinajstić information content (AvgIpc) is 2.44. The van der Waals surface area contributed by atoms with Gasteiger partial charge >= 0.3 is 11.9 Å². The molecule has 1 aromatic carbocycles. The van der Waals surface area contributed by atoms with Crippen LogP contribution in [0.25, 0.3) is 0 Å². The third kappa shape index (κ3) is 4.83. The van der Waals surface area contributed by atoms with Crippen LogP contribution in [0, 0.1) is 11.6 Å². The summed E-state index contributed by atoms with van der Waals surface area (Å²) < 4.78 is 30.7. The first-order valence-electron chi connectivity index (χ1n) is 5.90. The van der Waals surface area contributed by atoms with Crippen molar-refractivity contribution in [3.8, 4) is 0 Å². The Morgan fingerprint density at radius 1 is 1.33 bits per heavy atom. The number of rotatable bonds is 6. The largest absolute Gasteiger partial charge is 0.480 e. The smallest absolute Gasteiger partial charge is 0.326 e. The van der Waals surface area contributed by atoms with Crippen molar-refractivity contribution >= 4 is 17.8 Å². The van der Waals surface area contributed by atoms with Crippen LogP contribution in [-0.2, 0) is 14.3 Å². The summed E-state index contributed by atoms with van der Waals surface area (Å²) in [6.07, 6.45) is -0.468. The topological polar surface area (TPSA) is 92.7 Å². The van der Waals surface area contributed by atoms with E-state index < -0.39 is 41.1 Å². The molecule has 0 bridgehead atoms. The van der Waals surface area contributed by atoms with Gasteiger partial charge in [-0.3, -0.25) is 9.59 Å². The zero-order chi connectivity index (χ0) is 16.0. The fraction of sp³-hybridized carbons (Fsp3) is 0.308. The molecule has 1 atom stereocenters. The van der Waals surface area contributed by atoms with E-state index in [1.807, 2.05) is 5.32 Å². The molecule has 0 radical (unpaired) electrons. The van der Waals surface area contributed by atoms with Crippen LogP contribution in [0.1, 0.15) is 23.2 Å². The average molecular weight is 301 g/mol. The second-order valence-corrected chi connectivity index (χ2v) is 4.10. The SMILES string of the molecule is COC(=O)CC[C@H](NC(=O)c1cc(F)ccc1F)C(=O)O. The molecule has 21 heavy (non-hydrogen) atoms. The third-order valence-electron chi connectivity index (χ3n) is 2.64. The van der Waals surface area contributed by atoms with E-state index in [1.165, 1.54) is 0 Å². The van der Waals surface area contributed by atoms with Crippen LogP contribution < -0.4 is 5.32 Å². The highest BCUT2D eigenvalue weighted by molar-refractivity contribution is 5.96. The van der Waals surface area contributed by atoms with Gasteiger partial charge in [-0.25, -0.2) is 13.6 Å². The number of benzene rings is 1. The quantitative estimate of drug-likeness (QED) is 0.768. The molecule has 0 spiro atoms. The molecule has 0 unspecified atom stereocenters. The Labute approximate surface area is 118 Å². The Bertz CT molecular complexity index is 561. The number of nitrogens with one attached hydrogen (secondary N) is 1. The highest BCUT2D eigenvalue weighted by Gasteiger charge is 2.23. The van der Waals surface area contributed by atoms with E-state index in [-0.39, 0.29) is 12.8 Å². The number of halogens is 2. The number of amides is 1. The molecule has 0 aliphatic carbocycles. The highest BCUT2D eigenvalue weighted by atomic mass is 19.1. The van der Waals surface area contributed by atoms with Crippen LogP contribution in [0.3, 0.4) is 0 Å². The van der Waals surface area contributed by atoms with Crippen LogP contribution in [0.15, 0.2) is 18.2 Å². The molecule has 0 aliphatic rings. The number of ether oxygens (including phenoxy) is 1. The van der Waals surface area contributed by atoms with Gasteiger partial charge < -0.3 is 15.2 Å². The lowest BCUT2D eigenvalue weighted by molar-refractivity contribution is -0.142. The molecule has 0 aliphatic heterocycles. The van der Waals surface area contributed by atoms with Gasteiger partial charge in [0.15, 0.2) is 0 Å². The Morgan fingerprint density at radius 2 is 2.00 bits per heavy atom. The standard InChI is InChI=1S/C13H13F2NO5/c1-21-11(17)5-4-10(13(19)20)16-12(18)8-6-7(14)2-3-9(8)15/h2-3,6,10H,4-5H2,1H3,(H,16,18)(H,19,20)/t10-/m0/s1. The van der Waals surface area contributed by atoms with Crippen LogP contribution in [0.4, 0.5) is 8.78 Å². The van der Waals surface area contributed by atoms with E-state index in [0.717, 1.165) is 19.2 Å². The van der Waals surface area contributed by atoms with Crippen molar-refractivity contribution in [3.05, 3.63) is 35.4 Å². The van der Waals surface area contributed by atoms with Gasteiger partial charge in [-0.2, -0.15) is 0 Å². The molecule has 0 saturated heterocycles. The maximum absolute atomic E-state index is 13.4. The molecular weight excluding hydrogens is 288 g/mol. The summed E-state index contributed by atoms with van der Waals surface area (Å²) in [5, 5.41) is 11.0. The first-order chi connectivity index (χ1) is 9.85. The number of methoxy groups -OCH3 is 1. The van der Waals surface area contributed by atoms with E-state index in [4.69, 9.17) is 5.11 Å². The molecule has 0 saturated carbocycles. The zero-order valence-corrected chi connectivity index (χ0v) is 11.1. The number of aliphatic carboxylic acids is 1. The second-order valence-electron chi connectivity index (χ2n) is 4.10. The number of hydrogen-bond donors (Lipinski definition) is 2. The van der Waals surface area contributed by atoms with Gasteiger partial charge in [-0.1, -0.05) is 0 Å². The summed E-state index contributed by atoms with van der Waals surface area (Å²) in [5.41, 5.74) is -0.612. The van der Waals surface area contributed by atoms with Crippen LogP contribution in [0.2, 0.25) is 0 Å². The lowest BCUT2D eigenvalue weighted by atomic mass is 10.1. The number of carbonyl (C=O) groups excluding carboxylic acids is 2. The Morgan fingerprint density at radius 3 is 2.57 bits per heavy atom. The minimum Gasteiger partial charge on any atom is -0.480 e. The van der Waals surface area contributed by atoms with Crippen molar-refractivity contribution in [1.29, 1.82) is 0 Å². The van der Waals surface area contributed by atoms with Gasteiger partial charge in [-0.15, -0.1) is 0 Å². The van der Waals surface area contributed by atoms with Gasteiger partial charge in [0.1, 0.15) is 17.7 Å². The van der Waals surface area contributed by atoms with Crippen molar-refractivity contribution in [2.24, 2.45) is 0 Å². The first-order valence-corrected chi connectivity index (χ1v) is 5.90. The van der Waals surface area contributed by atoms with Crippen molar-refractivity contribution in [3.63, 3.8) is 0 Å². The molecule has 1 rings (SSSR count). The molecule has 2 N–H and O–H groups in total. The Balaban J connectivity index is 2.79. The summed E-state index contributed by atoms with van der Waals surface area (Å²) in [6.45, 7) is 0. The monoisotopic (exact) mass is 301 g/mol. The van der Waals surface area contributed by atoms with Gasteiger partial charge in [0.25, 0.3) is 5.91 Å². The lowest BCUT2D eigenvalue weighted by Gasteiger charge is -2.14.